The highest BCUT2D eigenvalue weighted by atomic mass is 16.4. The molecule has 1 atom stereocenters. The molecule has 1 aliphatic heterocycles. The SMILES string of the molecule is CCCN1CCCN(CC(C)C(=O)O)CC1. The third kappa shape index (κ3) is 4.49. The van der Waals surface area contributed by atoms with Gasteiger partial charge in [-0.1, -0.05) is 13.8 Å². The summed E-state index contributed by atoms with van der Waals surface area (Å²) in [5, 5.41) is 8.88. The summed E-state index contributed by atoms with van der Waals surface area (Å²) in [6.45, 7) is 10.1. The zero-order valence-corrected chi connectivity index (χ0v) is 10.5. The third-order valence-corrected chi connectivity index (χ3v) is 3.17. The van der Waals surface area contributed by atoms with Crippen molar-refractivity contribution in [2.24, 2.45) is 5.92 Å². The average molecular weight is 228 g/mol. The molecule has 0 bridgehead atoms. The van der Waals surface area contributed by atoms with Crippen molar-refractivity contribution in [1.29, 1.82) is 0 Å². The molecule has 0 spiro atoms. The van der Waals surface area contributed by atoms with E-state index in [-0.39, 0.29) is 5.92 Å². The number of carboxylic acids is 1. The maximum Gasteiger partial charge on any atom is 0.307 e. The molecule has 0 saturated carbocycles. The van der Waals surface area contributed by atoms with Crippen LogP contribution in [0.4, 0.5) is 0 Å². The summed E-state index contributed by atoms with van der Waals surface area (Å²) in [5.74, 6) is -0.938. The fourth-order valence-electron chi connectivity index (χ4n) is 2.21. The van der Waals surface area contributed by atoms with Crippen molar-refractivity contribution in [3.05, 3.63) is 0 Å². The van der Waals surface area contributed by atoms with Crippen molar-refractivity contribution in [1.82, 2.24) is 9.80 Å². The number of hydrogen-bond acceptors (Lipinski definition) is 3. The van der Waals surface area contributed by atoms with Gasteiger partial charge in [0.2, 0.25) is 0 Å². The lowest BCUT2D eigenvalue weighted by atomic mass is 10.1. The molecule has 0 aromatic heterocycles. The summed E-state index contributed by atoms with van der Waals surface area (Å²) in [4.78, 5) is 15.6. The van der Waals surface area contributed by atoms with E-state index in [1.54, 1.807) is 6.92 Å². The van der Waals surface area contributed by atoms with Crippen LogP contribution >= 0.6 is 0 Å². The van der Waals surface area contributed by atoms with Crippen LogP contribution in [-0.2, 0) is 4.79 Å². The minimum absolute atomic E-state index is 0.252. The summed E-state index contributed by atoms with van der Waals surface area (Å²) < 4.78 is 0. The Morgan fingerprint density at radius 2 is 1.88 bits per heavy atom. The Labute approximate surface area is 98.2 Å². The molecule has 1 saturated heterocycles. The van der Waals surface area contributed by atoms with Crippen molar-refractivity contribution >= 4 is 5.97 Å². The highest BCUT2D eigenvalue weighted by Crippen LogP contribution is 2.07. The summed E-state index contributed by atoms with van der Waals surface area (Å²) in [5.41, 5.74) is 0. The van der Waals surface area contributed by atoms with Gasteiger partial charge >= 0.3 is 5.97 Å². The fourth-order valence-corrected chi connectivity index (χ4v) is 2.21. The first-order valence-corrected chi connectivity index (χ1v) is 6.31. The Bertz CT molecular complexity index is 221. The number of aliphatic carboxylic acids is 1. The van der Waals surface area contributed by atoms with Crippen LogP contribution in [0.25, 0.3) is 0 Å². The van der Waals surface area contributed by atoms with Gasteiger partial charge in [-0.3, -0.25) is 4.79 Å². The van der Waals surface area contributed by atoms with E-state index < -0.39 is 5.97 Å². The minimum Gasteiger partial charge on any atom is -0.481 e. The lowest BCUT2D eigenvalue weighted by molar-refractivity contribution is -0.141. The molecule has 94 valence electrons. The summed E-state index contributed by atoms with van der Waals surface area (Å²) >= 11 is 0. The molecule has 1 unspecified atom stereocenters. The zero-order valence-electron chi connectivity index (χ0n) is 10.5. The van der Waals surface area contributed by atoms with Crippen LogP contribution in [0.2, 0.25) is 0 Å². The Balaban J connectivity index is 2.32. The van der Waals surface area contributed by atoms with Gasteiger partial charge in [0.1, 0.15) is 0 Å². The Kier molecular flexibility index (Phi) is 5.77. The molecule has 1 fully saturated rings. The van der Waals surface area contributed by atoms with E-state index in [2.05, 4.69) is 16.7 Å². The second kappa shape index (κ2) is 6.86. The second-order valence-electron chi connectivity index (χ2n) is 4.74. The van der Waals surface area contributed by atoms with Crippen molar-refractivity contribution in [3.8, 4) is 0 Å². The Hall–Kier alpha value is -0.610. The molecule has 16 heavy (non-hydrogen) atoms. The first kappa shape index (κ1) is 13.5. The van der Waals surface area contributed by atoms with Crippen LogP contribution in [0.3, 0.4) is 0 Å². The molecule has 1 aliphatic rings. The number of nitrogens with zero attached hydrogens (tertiary/aromatic N) is 2. The van der Waals surface area contributed by atoms with Crippen LogP contribution in [-0.4, -0.2) is 60.1 Å². The molecular formula is C12H24N2O2. The van der Waals surface area contributed by atoms with Gasteiger partial charge in [-0.15, -0.1) is 0 Å². The van der Waals surface area contributed by atoms with Gasteiger partial charge in [-0.05, 0) is 32.5 Å². The molecule has 1 rings (SSSR count). The monoisotopic (exact) mass is 228 g/mol. The zero-order chi connectivity index (χ0) is 12.0. The van der Waals surface area contributed by atoms with Crippen LogP contribution in [0.5, 0.6) is 0 Å². The van der Waals surface area contributed by atoms with Gasteiger partial charge in [0.15, 0.2) is 0 Å². The molecule has 0 aliphatic carbocycles. The van der Waals surface area contributed by atoms with Crippen molar-refractivity contribution in [2.45, 2.75) is 26.7 Å². The number of carboxylic acid groups (broad SMARTS) is 1. The molecule has 1 N–H and O–H groups in total. The number of hydrogen-bond donors (Lipinski definition) is 1. The summed E-state index contributed by atoms with van der Waals surface area (Å²) in [6, 6.07) is 0. The van der Waals surface area contributed by atoms with Gasteiger partial charge in [-0.25, -0.2) is 0 Å². The normalized spacial score (nSPS) is 21.6. The van der Waals surface area contributed by atoms with E-state index in [1.807, 2.05) is 0 Å². The molecule has 0 radical (unpaired) electrons. The van der Waals surface area contributed by atoms with Gasteiger partial charge in [0, 0.05) is 19.6 Å². The topological polar surface area (TPSA) is 43.8 Å². The second-order valence-corrected chi connectivity index (χ2v) is 4.74. The van der Waals surface area contributed by atoms with Gasteiger partial charge < -0.3 is 14.9 Å². The maximum absolute atomic E-state index is 10.8. The average Bonchev–Trinajstić information content (AvgIpc) is 2.44. The van der Waals surface area contributed by atoms with Gasteiger partial charge in [-0.2, -0.15) is 0 Å². The smallest absolute Gasteiger partial charge is 0.307 e. The van der Waals surface area contributed by atoms with Gasteiger partial charge in [0.05, 0.1) is 5.92 Å². The number of rotatable bonds is 5. The lowest BCUT2D eigenvalue weighted by Crippen LogP contribution is -2.35. The van der Waals surface area contributed by atoms with Gasteiger partial charge in [0.25, 0.3) is 0 Å². The number of carbonyl (C=O) groups is 1. The highest BCUT2D eigenvalue weighted by molar-refractivity contribution is 5.69. The lowest BCUT2D eigenvalue weighted by Gasteiger charge is -2.22. The van der Waals surface area contributed by atoms with Crippen molar-refractivity contribution in [3.63, 3.8) is 0 Å². The Morgan fingerprint density at radius 1 is 1.25 bits per heavy atom. The quantitative estimate of drug-likeness (QED) is 0.766. The summed E-state index contributed by atoms with van der Waals surface area (Å²) in [6.07, 6.45) is 2.36. The molecular weight excluding hydrogens is 204 g/mol. The van der Waals surface area contributed by atoms with E-state index in [4.69, 9.17) is 5.11 Å². The van der Waals surface area contributed by atoms with E-state index in [0.717, 1.165) is 32.6 Å². The molecule has 4 nitrogen and oxygen atoms in total. The predicted molar refractivity (Wildman–Crippen MR) is 64.6 cm³/mol. The molecule has 0 aromatic rings. The first-order valence-electron chi connectivity index (χ1n) is 6.31. The van der Waals surface area contributed by atoms with Crippen LogP contribution in [0, 0.1) is 5.92 Å². The molecule has 0 aromatic carbocycles. The van der Waals surface area contributed by atoms with Crippen molar-refractivity contribution < 1.29 is 9.90 Å². The minimum atomic E-state index is -0.685. The van der Waals surface area contributed by atoms with E-state index >= 15 is 0 Å². The van der Waals surface area contributed by atoms with E-state index in [9.17, 15) is 4.79 Å². The third-order valence-electron chi connectivity index (χ3n) is 3.17. The molecule has 1 heterocycles. The standard InChI is InChI=1S/C12H24N2O2/c1-3-5-13-6-4-7-14(9-8-13)10-11(2)12(15)16/h11H,3-10H2,1-2H3,(H,15,16). The van der Waals surface area contributed by atoms with Crippen LogP contribution < -0.4 is 0 Å². The van der Waals surface area contributed by atoms with Crippen molar-refractivity contribution in [2.75, 3.05) is 39.3 Å². The van der Waals surface area contributed by atoms with Crippen LogP contribution in [0.1, 0.15) is 26.7 Å². The van der Waals surface area contributed by atoms with E-state index in [0.29, 0.717) is 6.54 Å². The van der Waals surface area contributed by atoms with E-state index in [1.165, 1.54) is 13.0 Å². The maximum atomic E-state index is 10.8. The highest BCUT2D eigenvalue weighted by Gasteiger charge is 2.19. The predicted octanol–water partition coefficient (Wildman–Crippen LogP) is 1.12. The first-order chi connectivity index (χ1) is 7.63. The molecule has 0 amide bonds. The Morgan fingerprint density at radius 3 is 2.50 bits per heavy atom. The molecule has 4 heteroatoms. The van der Waals surface area contributed by atoms with Crippen LogP contribution in [0.15, 0.2) is 0 Å². The summed E-state index contributed by atoms with van der Waals surface area (Å²) in [7, 11) is 0. The largest absolute Gasteiger partial charge is 0.481 e. The fraction of sp³-hybridized carbons (Fsp3) is 0.917.